The number of amides is 1. The summed E-state index contributed by atoms with van der Waals surface area (Å²) < 4.78 is 85.1. The zero-order valence-corrected chi connectivity index (χ0v) is 16.1. The number of hydrogen-bond donors (Lipinski definition) is 1. The average molecular weight is 444 g/mol. The summed E-state index contributed by atoms with van der Waals surface area (Å²) in [6, 6.07) is 6.90. The Bertz CT molecular complexity index is 950. The van der Waals surface area contributed by atoms with Crippen molar-refractivity contribution in [1.82, 2.24) is 4.90 Å². The molecule has 4 rings (SSSR count). The van der Waals surface area contributed by atoms with Gasteiger partial charge in [0.05, 0.1) is 11.1 Å². The highest BCUT2D eigenvalue weighted by Gasteiger charge is 2.43. The standard InChI is InChI=1S/C21H18F6N2O2/c22-20(23,24)12-9-13(21(25,26)27)11-14(10-12)28-17-15-5-1-2-6-16(15)31-18(17)19(30)29-7-3-4-8-29/h1-2,5-6,9-11,17-18,28H,3-4,7-8H2/t17-,18-/m1/s1. The molecule has 2 aliphatic heterocycles. The third kappa shape index (κ3) is 4.28. The van der Waals surface area contributed by atoms with E-state index in [4.69, 9.17) is 4.74 Å². The number of ether oxygens (including phenoxy) is 1. The fourth-order valence-electron chi connectivity index (χ4n) is 3.89. The first-order chi connectivity index (χ1) is 14.5. The predicted octanol–water partition coefficient (Wildman–Crippen LogP) is 5.26. The van der Waals surface area contributed by atoms with Gasteiger partial charge in [-0.3, -0.25) is 4.79 Å². The third-order valence-electron chi connectivity index (χ3n) is 5.38. The maximum Gasteiger partial charge on any atom is 0.416 e. The number of nitrogens with zero attached hydrogens (tertiary/aromatic N) is 1. The molecule has 0 bridgehead atoms. The van der Waals surface area contributed by atoms with Crippen LogP contribution in [0.1, 0.15) is 35.6 Å². The van der Waals surface area contributed by atoms with Crippen molar-refractivity contribution in [2.45, 2.75) is 37.3 Å². The van der Waals surface area contributed by atoms with Crippen molar-refractivity contribution in [3.63, 3.8) is 0 Å². The van der Waals surface area contributed by atoms with Crippen LogP contribution >= 0.6 is 0 Å². The lowest BCUT2D eigenvalue weighted by molar-refractivity contribution is -0.143. The van der Waals surface area contributed by atoms with Gasteiger partial charge < -0.3 is 15.0 Å². The van der Waals surface area contributed by atoms with Crippen LogP contribution in [0.25, 0.3) is 0 Å². The molecule has 0 spiro atoms. The van der Waals surface area contributed by atoms with Crippen LogP contribution in [0.4, 0.5) is 32.0 Å². The van der Waals surface area contributed by atoms with Crippen molar-refractivity contribution in [3.05, 3.63) is 59.2 Å². The van der Waals surface area contributed by atoms with Gasteiger partial charge in [-0.2, -0.15) is 26.3 Å². The Morgan fingerprint density at radius 3 is 2.10 bits per heavy atom. The van der Waals surface area contributed by atoms with Gasteiger partial charge in [-0.15, -0.1) is 0 Å². The highest BCUT2D eigenvalue weighted by molar-refractivity contribution is 5.84. The lowest BCUT2D eigenvalue weighted by atomic mass is 10.0. The average Bonchev–Trinajstić information content (AvgIpc) is 3.35. The first kappa shape index (κ1) is 21.3. The number of benzene rings is 2. The molecular weight excluding hydrogens is 426 g/mol. The van der Waals surface area contributed by atoms with Crippen LogP contribution in [0, 0.1) is 0 Å². The van der Waals surface area contributed by atoms with E-state index in [0.717, 1.165) is 12.8 Å². The minimum Gasteiger partial charge on any atom is -0.478 e. The largest absolute Gasteiger partial charge is 0.478 e. The molecule has 2 atom stereocenters. The van der Waals surface area contributed by atoms with E-state index in [9.17, 15) is 31.1 Å². The number of alkyl halides is 6. The van der Waals surface area contributed by atoms with Gasteiger partial charge in [0.1, 0.15) is 11.8 Å². The maximum absolute atomic E-state index is 13.2. The van der Waals surface area contributed by atoms with Crippen molar-refractivity contribution < 1.29 is 35.9 Å². The molecule has 2 aromatic carbocycles. The summed E-state index contributed by atoms with van der Waals surface area (Å²) >= 11 is 0. The number of carbonyl (C=O) groups is 1. The number of carbonyl (C=O) groups excluding carboxylic acids is 1. The number of likely N-dealkylation sites (tertiary alicyclic amines) is 1. The molecule has 10 heteroatoms. The van der Waals surface area contributed by atoms with Crippen molar-refractivity contribution in [1.29, 1.82) is 0 Å². The molecule has 0 saturated carbocycles. The van der Waals surface area contributed by atoms with Gasteiger partial charge in [-0.25, -0.2) is 0 Å². The van der Waals surface area contributed by atoms with Crippen molar-refractivity contribution in [3.8, 4) is 5.75 Å². The molecule has 1 saturated heterocycles. The van der Waals surface area contributed by atoms with E-state index < -0.39 is 41.3 Å². The van der Waals surface area contributed by atoms with Gasteiger partial charge in [0.15, 0.2) is 0 Å². The van der Waals surface area contributed by atoms with Gasteiger partial charge in [0.25, 0.3) is 5.91 Å². The molecule has 1 amide bonds. The highest BCUT2D eigenvalue weighted by Crippen LogP contribution is 2.42. The van der Waals surface area contributed by atoms with E-state index >= 15 is 0 Å². The van der Waals surface area contributed by atoms with Crippen molar-refractivity contribution in [2.24, 2.45) is 0 Å². The summed E-state index contributed by atoms with van der Waals surface area (Å²) in [6.45, 7) is 1.06. The molecule has 1 N–H and O–H groups in total. The van der Waals surface area contributed by atoms with E-state index in [0.29, 0.717) is 36.5 Å². The number of fused-ring (bicyclic) bond motifs is 1. The first-order valence-electron chi connectivity index (χ1n) is 9.64. The molecule has 0 aromatic heterocycles. The predicted molar refractivity (Wildman–Crippen MR) is 99.5 cm³/mol. The zero-order chi connectivity index (χ0) is 22.4. The fourth-order valence-corrected chi connectivity index (χ4v) is 3.89. The minimum atomic E-state index is -4.97. The van der Waals surface area contributed by atoms with E-state index in [1.807, 2.05) is 0 Å². The number of rotatable bonds is 3. The molecule has 31 heavy (non-hydrogen) atoms. The Kier molecular flexibility index (Phi) is 5.26. The second kappa shape index (κ2) is 7.65. The van der Waals surface area contributed by atoms with Crippen LogP contribution in [-0.4, -0.2) is 30.0 Å². The summed E-state index contributed by atoms with van der Waals surface area (Å²) in [7, 11) is 0. The van der Waals surface area contributed by atoms with Crippen LogP contribution in [0.5, 0.6) is 5.75 Å². The van der Waals surface area contributed by atoms with Crippen LogP contribution in [0.2, 0.25) is 0 Å². The Labute approximate surface area is 173 Å². The van der Waals surface area contributed by atoms with Crippen LogP contribution in [-0.2, 0) is 17.1 Å². The molecule has 0 unspecified atom stereocenters. The third-order valence-corrected chi connectivity index (χ3v) is 5.38. The Balaban J connectivity index is 1.72. The summed E-state index contributed by atoms with van der Waals surface area (Å²) in [5.74, 6) is 0.00906. The Hall–Kier alpha value is -2.91. The monoisotopic (exact) mass is 444 g/mol. The normalized spacial score (nSPS) is 21.0. The Morgan fingerprint density at radius 2 is 1.52 bits per heavy atom. The van der Waals surface area contributed by atoms with Crippen molar-refractivity contribution in [2.75, 3.05) is 18.4 Å². The van der Waals surface area contributed by atoms with E-state index in [-0.39, 0.29) is 12.0 Å². The van der Waals surface area contributed by atoms with Crippen LogP contribution < -0.4 is 10.1 Å². The SMILES string of the molecule is O=C([C@@H]1Oc2ccccc2[C@H]1Nc1cc(C(F)(F)F)cc(C(F)(F)F)c1)N1CCCC1. The lowest BCUT2D eigenvalue weighted by Gasteiger charge is -2.26. The summed E-state index contributed by atoms with van der Waals surface area (Å²) in [5.41, 5.74) is -2.77. The fraction of sp³-hybridized carbons (Fsp3) is 0.381. The van der Waals surface area contributed by atoms with Gasteiger partial charge >= 0.3 is 12.4 Å². The number of nitrogens with one attached hydrogen (secondary N) is 1. The van der Waals surface area contributed by atoms with E-state index in [1.54, 1.807) is 29.2 Å². The zero-order valence-electron chi connectivity index (χ0n) is 16.1. The Morgan fingerprint density at radius 1 is 0.935 bits per heavy atom. The van der Waals surface area contributed by atoms with Gasteiger partial charge in [0, 0.05) is 24.3 Å². The molecule has 0 radical (unpaired) electrons. The van der Waals surface area contributed by atoms with Crippen molar-refractivity contribution >= 4 is 11.6 Å². The summed E-state index contributed by atoms with van der Waals surface area (Å²) in [5, 5.41) is 2.70. The molecule has 2 aliphatic rings. The number of anilines is 1. The number of halogens is 6. The molecule has 0 aliphatic carbocycles. The molecule has 2 aromatic rings. The van der Waals surface area contributed by atoms with Crippen LogP contribution in [0.15, 0.2) is 42.5 Å². The molecule has 2 heterocycles. The maximum atomic E-state index is 13.2. The molecule has 4 nitrogen and oxygen atoms in total. The van der Waals surface area contributed by atoms with E-state index in [2.05, 4.69) is 5.32 Å². The smallest absolute Gasteiger partial charge is 0.416 e. The molecular formula is C21H18F6N2O2. The topological polar surface area (TPSA) is 41.6 Å². The summed E-state index contributed by atoms with van der Waals surface area (Å²) in [6.07, 6.45) is -9.38. The lowest BCUT2D eigenvalue weighted by Crippen LogP contribution is -2.43. The summed E-state index contributed by atoms with van der Waals surface area (Å²) in [4.78, 5) is 14.6. The quantitative estimate of drug-likeness (QED) is 0.657. The van der Waals surface area contributed by atoms with Gasteiger partial charge in [-0.05, 0) is 37.1 Å². The van der Waals surface area contributed by atoms with E-state index in [1.165, 1.54) is 0 Å². The number of hydrogen-bond acceptors (Lipinski definition) is 3. The first-order valence-corrected chi connectivity index (χ1v) is 9.64. The van der Waals surface area contributed by atoms with Gasteiger partial charge in [-0.1, -0.05) is 18.2 Å². The second-order valence-electron chi connectivity index (χ2n) is 7.53. The van der Waals surface area contributed by atoms with Gasteiger partial charge in [0.2, 0.25) is 6.10 Å². The highest BCUT2D eigenvalue weighted by atomic mass is 19.4. The molecule has 166 valence electrons. The minimum absolute atomic E-state index is 0.0666. The molecule has 1 fully saturated rings. The van der Waals surface area contributed by atoms with Crippen LogP contribution in [0.3, 0.4) is 0 Å². The number of para-hydroxylation sites is 1. The second-order valence-corrected chi connectivity index (χ2v) is 7.53.